The predicted molar refractivity (Wildman–Crippen MR) is 98.0 cm³/mol. The van der Waals surface area contributed by atoms with Gasteiger partial charge in [0.2, 0.25) is 15.9 Å². The molecule has 26 heavy (non-hydrogen) atoms. The summed E-state index contributed by atoms with van der Waals surface area (Å²) in [4.78, 5) is 12.3. The normalized spacial score (nSPS) is 16.5. The molecule has 1 aliphatic heterocycles. The third kappa shape index (κ3) is 4.50. The fourth-order valence-electron chi connectivity index (χ4n) is 3.15. The van der Waals surface area contributed by atoms with Gasteiger partial charge in [-0.15, -0.1) is 0 Å². The molecule has 3 rings (SSSR count). The van der Waals surface area contributed by atoms with Crippen LogP contribution in [0.2, 0.25) is 0 Å². The molecule has 0 saturated carbocycles. The second-order valence-electron chi connectivity index (χ2n) is 6.73. The average molecular weight is 377 g/mol. The molecular weight excluding hydrogens is 354 g/mol. The summed E-state index contributed by atoms with van der Waals surface area (Å²) in [6.07, 6.45) is 0.991. The van der Waals surface area contributed by atoms with Crippen molar-refractivity contribution in [1.82, 2.24) is 9.46 Å². The highest BCUT2D eigenvalue weighted by atomic mass is 32.2. The summed E-state index contributed by atoms with van der Waals surface area (Å²) in [6, 6.07) is 9.17. The van der Waals surface area contributed by atoms with E-state index in [4.69, 9.17) is 4.52 Å². The van der Waals surface area contributed by atoms with E-state index in [2.05, 4.69) is 10.5 Å². The second-order valence-corrected chi connectivity index (χ2v) is 8.70. The summed E-state index contributed by atoms with van der Waals surface area (Å²) in [5.74, 6) is 0.634. The molecular formula is C18H23N3O4S. The summed E-state index contributed by atoms with van der Waals surface area (Å²) in [5, 5.41) is 6.47. The van der Waals surface area contributed by atoms with E-state index in [0.717, 1.165) is 11.1 Å². The average Bonchev–Trinajstić information content (AvgIpc) is 2.99. The fraction of sp³-hybridized carbons (Fsp3) is 0.444. The Morgan fingerprint density at radius 1 is 1.27 bits per heavy atom. The Bertz CT molecular complexity index is 883. The van der Waals surface area contributed by atoms with Crippen molar-refractivity contribution in [3.63, 3.8) is 0 Å². The van der Waals surface area contributed by atoms with Crippen LogP contribution in [0, 0.1) is 19.8 Å². The number of nitrogens with zero attached hydrogens (tertiary/aromatic N) is 2. The van der Waals surface area contributed by atoms with Gasteiger partial charge < -0.3 is 9.84 Å². The molecule has 0 unspecified atom stereocenters. The first kappa shape index (κ1) is 18.6. The Morgan fingerprint density at radius 2 is 2.00 bits per heavy atom. The molecule has 1 saturated heterocycles. The van der Waals surface area contributed by atoms with E-state index in [1.165, 1.54) is 4.31 Å². The van der Waals surface area contributed by atoms with Gasteiger partial charge in [-0.1, -0.05) is 35.0 Å². The van der Waals surface area contributed by atoms with Crippen LogP contribution in [-0.2, 0) is 20.6 Å². The van der Waals surface area contributed by atoms with E-state index in [0.29, 0.717) is 37.5 Å². The maximum atomic E-state index is 12.6. The van der Waals surface area contributed by atoms with Crippen LogP contribution in [-0.4, -0.2) is 36.9 Å². The molecule has 1 aromatic heterocycles. The van der Waals surface area contributed by atoms with E-state index in [1.807, 2.05) is 31.2 Å². The van der Waals surface area contributed by atoms with Crippen LogP contribution in [0.3, 0.4) is 0 Å². The van der Waals surface area contributed by atoms with E-state index >= 15 is 0 Å². The van der Waals surface area contributed by atoms with Gasteiger partial charge in [0.1, 0.15) is 5.76 Å². The number of aryl methyl sites for hydroxylation is 2. The minimum Gasteiger partial charge on any atom is -0.360 e. The number of hydrogen-bond acceptors (Lipinski definition) is 5. The Hall–Kier alpha value is -2.19. The van der Waals surface area contributed by atoms with Crippen LogP contribution in [0.15, 0.2) is 34.9 Å². The van der Waals surface area contributed by atoms with Gasteiger partial charge in [-0.3, -0.25) is 4.79 Å². The number of sulfonamides is 1. The van der Waals surface area contributed by atoms with Crippen LogP contribution >= 0.6 is 0 Å². The number of carbonyl (C=O) groups is 1. The number of anilines is 1. The zero-order valence-corrected chi connectivity index (χ0v) is 15.8. The SMILES string of the molecule is Cc1cccc(CS(=O)(=O)N2CCC(C(=O)Nc3cc(C)on3)CC2)c1. The van der Waals surface area contributed by atoms with E-state index in [1.54, 1.807) is 13.0 Å². The zero-order valence-electron chi connectivity index (χ0n) is 14.9. The fourth-order valence-corrected chi connectivity index (χ4v) is 4.70. The van der Waals surface area contributed by atoms with Crippen molar-refractivity contribution in [3.05, 3.63) is 47.2 Å². The highest BCUT2D eigenvalue weighted by Gasteiger charge is 2.31. The van der Waals surface area contributed by atoms with Crippen LogP contribution in [0.4, 0.5) is 5.82 Å². The Morgan fingerprint density at radius 3 is 2.62 bits per heavy atom. The molecule has 0 bridgehead atoms. The lowest BCUT2D eigenvalue weighted by Gasteiger charge is -2.30. The molecule has 8 heteroatoms. The standard InChI is InChI=1S/C18H23N3O4S/c1-13-4-3-5-15(10-13)12-26(23,24)21-8-6-16(7-9-21)18(22)19-17-11-14(2)25-20-17/h3-5,10-11,16H,6-9,12H2,1-2H3,(H,19,20,22). The highest BCUT2D eigenvalue weighted by Crippen LogP contribution is 2.23. The number of aromatic nitrogens is 1. The Labute approximate surface area is 153 Å². The number of hydrogen-bond donors (Lipinski definition) is 1. The lowest BCUT2D eigenvalue weighted by Crippen LogP contribution is -2.41. The molecule has 2 aromatic rings. The molecule has 1 amide bonds. The third-order valence-corrected chi connectivity index (χ3v) is 6.38. The highest BCUT2D eigenvalue weighted by molar-refractivity contribution is 7.88. The topological polar surface area (TPSA) is 92.5 Å². The first-order chi connectivity index (χ1) is 12.3. The summed E-state index contributed by atoms with van der Waals surface area (Å²) in [6.45, 7) is 4.39. The molecule has 0 radical (unpaired) electrons. The molecule has 140 valence electrons. The minimum absolute atomic E-state index is 0.0102. The number of amides is 1. The van der Waals surface area contributed by atoms with Crippen molar-refractivity contribution < 1.29 is 17.7 Å². The molecule has 0 atom stereocenters. The van der Waals surface area contributed by atoms with Crippen molar-refractivity contribution in [2.45, 2.75) is 32.4 Å². The second kappa shape index (κ2) is 7.59. The van der Waals surface area contributed by atoms with Crippen molar-refractivity contribution in [3.8, 4) is 0 Å². The molecule has 0 aliphatic carbocycles. The molecule has 2 heterocycles. The molecule has 7 nitrogen and oxygen atoms in total. The van der Waals surface area contributed by atoms with Crippen molar-refractivity contribution in [1.29, 1.82) is 0 Å². The van der Waals surface area contributed by atoms with Gasteiger partial charge >= 0.3 is 0 Å². The van der Waals surface area contributed by atoms with Gasteiger partial charge in [-0.2, -0.15) is 0 Å². The maximum Gasteiger partial charge on any atom is 0.228 e. The smallest absolute Gasteiger partial charge is 0.228 e. The summed E-state index contributed by atoms with van der Waals surface area (Å²) < 4.78 is 31.7. The summed E-state index contributed by atoms with van der Waals surface area (Å²) >= 11 is 0. The van der Waals surface area contributed by atoms with Crippen molar-refractivity contribution >= 4 is 21.7 Å². The van der Waals surface area contributed by atoms with E-state index in [9.17, 15) is 13.2 Å². The van der Waals surface area contributed by atoms with Gasteiger partial charge in [0.25, 0.3) is 0 Å². The molecule has 1 aromatic carbocycles. The van der Waals surface area contributed by atoms with E-state index < -0.39 is 10.0 Å². The third-order valence-electron chi connectivity index (χ3n) is 4.53. The molecule has 1 N–H and O–H groups in total. The number of benzene rings is 1. The predicted octanol–water partition coefficient (Wildman–Crippen LogP) is 2.47. The van der Waals surface area contributed by atoms with Gasteiger partial charge in [0.15, 0.2) is 5.82 Å². The zero-order chi connectivity index (χ0) is 18.7. The minimum atomic E-state index is -3.38. The molecule has 1 fully saturated rings. The first-order valence-electron chi connectivity index (χ1n) is 8.61. The largest absolute Gasteiger partial charge is 0.360 e. The number of nitrogens with one attached hydrogen (secondary N) is 1. The van der Waals surface area contributed by atoms with Crippen LogP contribution in [0.25, 0.3) is 0 Å². The quantitative estimate of drug-likeness (QED) is 0.864. The number of rotatable bonds is 5. The van der Waals surface area contributed by atoms with Crippen molar-refractivity contribution in [2.75, 3.05) is 18.4 Å². The van der Waals surface area contributed by atoms with Crippen LogP contribution in [0.1, 0.15) is 29.7 Å². The van der Waals surface area contributed by atoms with E-state index in [-0.39, 0.29) is 17.6 Å². The molecule has 0 spiro atoms. The van der Waals surface area contributed by atoms with Gasteiger partial charge in [-0.05, 0) is 32.3 Å². The van der Waals surface area contributed by atoms with Crippen LogP contribution < -0.4 is 5.32 Å². The monoisotopic (exact) mass is 377 g/mol. The lowest BCUT2D eigenvalue weighted by molar-refractivity contribution is -0.120. The molecule has 1 aliphatic rings. The maximum absolute atomic E-state index is 12.6. The first-order valence-corrected chi connectivity index (χ1v) is 10.2. The number of piperidine rings is 1. The summed E-state index contributed by atoms with van der Waals surface area (Å²) in [7, 11) is -3.38. The van der Waals surface area contributed by atoms with Gasteiger partial charge in [0, 0.05) is 25.1 Å². The van der Waals surface area contributed by atoms with Crippen molar-refractivity contribution in [2.24, 2.45) is 5.92 Å². The van der Waals surface area contributed by atoms with Crippen LogP contribution in [0.5, 0.6) is 0 Å². The van der Waals surface area contributed by atoms with Gasteiger partial charge in [-0.25, -0.2) is 12.7 Å². The lowest BCUT2D eigenvalue weighted by atomic mass is 9.97. The summed E-state index contributed by atoms with van der Waals surface area (Å²) in [5.41, 5.74) is 1.82. The Balaban J connectivity index is 1.56. The Kier molecular flexibility index (Phi) is 5.43. The van der Waals surface area contributed by atoms with Gasteiger partial charge in [0.05, 0.1) is 5.75 Å². The number of carbonyl (C=O) groups excluding carboxylic acids is 1.